The molecule has 98 valence electrons. The van der Waals surface area contributed by atoms with Crippen molar-refractivity contribution in [2.24, 2.45) is 0 Å². The molecule has 19 heavy (non-hydrogen) atoms. The van der Waals surface area contributed by atoms with E-state index in [0.29, 0.717) is 17.3 Å². The second-order valence-corrected chi connectivity index (χ2v) is 4.01. The molecular weight excluding hydrogens is 244 g/mol. The molecule has 0 atom stereocenters. The molecule has 1 aromatic heterocycles. The maximum absolute atomic E-state index is 11.0. The molecule has 1 amide bonds. The number of aliphatic hydroxyl groups excluding tert-OH is 1. The van der Waals surface area contributed by atoms with E-state index in [-0.39, 0.29) is 0 Å². The lowest BCUT2D eigenvalue weighted by molar-refractivity contribution is -0.118. The fourth-order valence-corrected chi connectivity index (χ4v) is 1.44. The summed E-state index contributed by atoms with van der Waals surface area (Å²) in [5.74, 6) is 0.657. The zero-order chi connectivity index (χ0) is 13.7. The van der Waals surface area contributed by atoms with Gasteiger partial charge in [0.05, 0.1) is 11.9 Å². The lowest BCUT2D eigenvalue weighted by atomic mass is 10.2. The number of aryl methyl sites for hydroxylation is 1. The normalized spacial score (nSPS) is 10.0. The lowest BCUT2D eigenvalue weighted by Gasteiger charge is -2.06. The third-order valence-electron chi connectivity index (χ3n) is 2.41. The van der Waals surface area contributed by atoms with Crippen LogP contribution < -0.4 is 10.1 Å². The molecule has 5 nitrogen and oxygen atoms in total. The van der Waals surface area contributed by atoms with E-state index in [1.165, 1.54) is 6.20 Å². The average Bonchev–Trinajstić information content (AvgIpc) is 2.43. The second kappa shape index (κ2) is 5.97. The van der Waals surface area contributed by atoms with Gasteiger partial charge in [-0.2, -0.15) is 0 Å². The Morgan fingerprint density at radius 2 is 2.00 bits per heavy atom. The van der Waals surface area contributed by atoms with Gasteiger partial charge in [0.15, 0.2) is 0 Å². The number of aliphatic hydroxyl groups is 1. The lowest BCUT2D eigenvalue weighted by Crippen LogP contribution is -2.15. The Morgan fingerprint density at radius 3 is 2.58 bits per heavy atom. The van der Waals surface area contributed by atoms with E-state index in [0.717, 1.165) is 5.56 Å². The Labute approximate surface area is 110 Å². The molecule has 0 fully saturated rings. The molecule has 0 bridgehead atoms. The second-order valence-electron chi connectivity index (χ2n) is 4.01. The average molecular weight is 258 g/mol. The Bertz CT molecular complexity index is 550. The van der Waals surface area contributed by atoms with Gasteiger partial charge >= 0.3 is 0 Å². The number of aromatic nitrogens is 1. The number of nitrogens with zero attached hydrogens (tertiary/aromatic N) is 1. The van der Waals surface area contributed by atoms with Gasteiger partial charge in [-0.05, 0) is 25.1 Å². The highest BCUT2D eigenvalue weighted by molar-refractivity contribution is 5.91. The fourth-order valence-electron chi connectivity index (χ4n) is 1.44. The molecule has 0 aliphatic carbocycles. The smallest absolute Gasteiger partial charge is 0.250 e. The third-order valence-corrected chi connectivity index (χ3v) is 2.41. The highest BCUT2D eigenvalue weighted by Crippen LogP contribution is 2.20. The Kier molecular flexibility index (Phi) is 4.10. The molecule has 0 saturated heterocycles. The predicted octanol–water partition coefficient (Wildman–Crippen LogP) is 2.11. The number of ether oxygens (including phenoxy) is 1. The summed E-state index contributed by atoms with van der Waals surface area (Å²) < 4.78 is 5.55. The molecule has 2 rings (SSSR count). The van der Waals surface area contributed by atoms with E-state index in [9.17, 15) is 4.79 Å². The standard InChI is InChI=1S/C14H14N2O3/c1-10-2-5-12(6-3-10)19-14-7-4-11(8-15-14)16-13(18)9-17/h2-8,17H,9H2,1H3,(H,16,18). The van der Waals surface area contributed by atoms with Crippen LogP contribution in [-0.2, 0) is 4.79 Å². The van der Waals surface area contributed by atoms with E-state index in [2.05, 4.69) is 10.3 Å². The minimum atomic E-state index is -0.554. The highest BCUT2D eigenvalue weighted by Gasteiger charge is 2.02. The number of carbonyl (C=O) groups is 1. The van der Waals surface area contributed by atoms with Gasteiger partial charge in [0.2, 0.25) is 11.8 Å². The van der Waals surface area contributed by atoms with E-state index < -0.39 is 12.5 Å². The summed E-state index contributed by atoms with van der Waals surface area (Å²) in [5.41, 5.74) is 1.66. The molecular formula is C14H14N2O3. The summed E-state index contributed by atoms with van der Waals surface area (Å²) in [6.07, 6.45) is 1.47. The first-order chi connectivity index (χ1) is 9.17. The number of benzene rings is 1. The molecule has 2 N–H and O–H groups in total. The quantitative estimate of drug-likeness (QED) is 0.881. The summed E-state index contributed by atoms with van der Waals surface area (Å²) >= 11 is 0. The third kappa shape index (κ3) is 3.79. The highest BCUT2D eigenvalue weighted by atomic mass is 16.5. The van der Waals surface area contributed by atoms with E-state index in [4.69, 9.17) is 9.84 Å². The van der Waals surface area contributed by atoms with Crippen molar-refractivity contribution in [3.05, 3.63) is 48.2 Å². The molecule has 0 radical (unpaired) electrons. The zero-order valence-electron chi connectivity index (χ0n) is 10.5. The topological polar surface area (TPSA) is 71.5 Å². The van der Waals surface area contributed by atoms with Crippen LogP contribution in [0.4, 0.5) is 5.69 Å². The van der Waals surface area contributed by atoms with Crippen molar-refractivity contribution in [1.82, 2.24) is 4.98 Å². The van der Waals surface area contributed by atoms with Crippen LogP contribution in [0.3, 0.4) is 0 Å². The summed E-state index contributed by atoms with van der Waals surface area (Å²) in [4.78, 5) is 15.0. The minimum absolute atomic E-state index is 0.436. The monoisotopic (exact) mass is 258 g/mol. The first kappa shape index (κ1) is 13.0. The number of amides is 1. The number of hydrogen-bond donors (Lipinski definition) is 2. The first-order valence-corrected chi connectivity index (χ1v) is 5.78. The molecule has 0 unspecified atom stereocenters. The summed E-state index contributed by atoms with van der Waals surface area (Å²) in [6, 6.07) is 10.9. The fraction of sp³-hybridized carbons (Fsp3) is 0.143. The number of nitrogens with one attached hydrogen (secondary N) is 1. The molecule has 0 aliphatic heterocycles. The maximum Gasteiger partial charge on any atom is 0.250 e. The van der Waals surface area contributed by atoms with Crippen LogP contribution in [0, 0.1) is 6.92 Å². The summed E-state index contributed by atoms with van der Waals surface area (Å²) in [7, 11) is 0. The molecule has 0 saturated carbocycles. The molecule has 1 heterocycles. The number of pyridine rings is 1. The van der Waals surface area contributed by atoms with E-state index in [1.54, 1.807) is 12.1 Å². The molecule has 5 heteroatoms. The van der Waals surface area contributed by atoms with Crippen molar-refractivity contribution in [3.8, 4) is 11.6 Å². The van der Waals surface area contributed by atoms with Crippen molar-refractivity contribution in [3.63, 3.8) is 0 Å². The number of rotatable bonds is 4. The van der Waals surface area contributed by atoms with E-state index in [1.807, 2.05) is 31.2 Å². The van der Waals surface area contributed by atoms with Crippen LogP contribution in [0.15, 0.2) is 42.6 Å². The van der Waals surface area contributed by atoms with Crippen molar-refractivity contribution < 1.29 is 14.6 Å². The van der Waals surface area contributed by atoms with Gasteiger partial charge in [0, 0.05) is 6.07 Å². The number of hydrogen-bond acceptors (Lipinski definition) is 4. The SMILES string of the molecule is Cc1ccc(Oc2ccc(NC(=O)CO)cn2)cc1. The van der Waals surface area contributed by atoms with Gasteiger partial charge in [-0.25, -0.2) is 4.98 Å². The molecule has 0 aliphatic rings. The summed E-state index contributed by atoms with van der Waals surface area (Å²) in [5, 5.41) is 11.1. The Morgan fingerprint density at radius 1 is 1.26 bits per heavy atom. The van der Waals surface area contributed by atoms with Gasteiger partial charge in [-0.3, -0.25) is 4.79 Å². The van der Waals surface area contributed by atoms with Crippen LogP contribution in [0.25, 0.3) is 0 Å². The maximum atomic E-state index is 11.0. The largest absolute Gasteiger partial charge is 0.439 e. The molecule has 1 aromatic carbocycles. The Balaban J connectivity index is 2.02. The number of carbonyl (C=O) groups excluding carboxylic acids is 1. The van der Waals surface area contributed by atoms with Crippen molar-refractivity contribution in [1.29, 1.82) is 0 Å². The van der Waals surface area contributed by atoms with Gasteiger partial charge in [0.25, 0.3) is 0 Å². The van der Waals surface area contributed by atoms with Gasteiger partial charge < -0.3 is 15.2 Å². The zero-order valence-corrected chi connectivity index (χ0v) is 10.5. The van der Waals surface area contributed by atoms with Crippen LogP contribution in [0.5, 0.6) is 11.6 Å². The first-order valence-electron chi connectivity index (χ1n) is 5.78. The van der Waals surface area contributed by atoms with Crippen molar-refractivity contribution in [2.75, 3.05) is 11.9 Å². The molecule has 2 aromatic rings. The van der Waals surface area contributed by atoms with Crippen LogP contribution in [0.2, 0.25) is 0 Å². The van der Waals surface area contributed by atoms with Gasteiger partial charge in [-0.15, -0.1) is 0 Å². The van der Waals surface area contributed by atoms with E-state index >= 15 is 0 Å². The van der Waals surface area contributed by atoms with Gasteiger partial charge in [0.1, 0.15) is 12.4 Å². The Hall–Kier alpha value is -2.40. The van der Waals surface area contributed by atoms with Crippen molar-refractivity contribution >= 4 is 11.6 Å². The van der Waals surface area contributed by atoms with Crippen LogP contribution in [-0.4, -0.2) is 22.6 Å². The van der Waals surface area contributed by atoms with Crippen LogP contribution >= 0.6 is 0 Å². The predicted molar refractivity (Wildman–Crippen MR) is 71.2 cm³/mol. The molecule has 0 spiro atoms. The van der Waals surface area contributed by atoms with Crippen LogP contribution in [0.1, 0.15) is 5.56 Å². The van der Waals surface area contributed by atoms with Crippen molar-refractivity contribution in [2.45, 2.75) is 6.92 Å². The summed E-state index contributed by atoms with van der Waals surface area (Å²) in [6.45, 7) is 1.45. The minimum Gasteiger partial charge on any atom is -0.439 e. The number of anilines is 1. The van der Waals surface area contributed by atoms with Gasteiger partial charge in [-0.1, -0.05) is 17.7 Å².